The predicted molar refractivity (Wildman–Crippen MR) is 60.9 cm³/mol. The van der Waals surface area contributed by atoms with Gasteiger partial charge in [-0.2, -0.15) is 13.2 Å². The summed E-state index contributed by atoms with van der Waals surface area (Å²) in [7, 11) is 0. The first-order valence-electron chi connectivity index (χ1n) is 5.46. The SMILES string of the molecule is CCC(CCO)Nc1cc(N)nc(C(F)(F)F)n1. The molecule has 18 heavy (non-hydrogen) atoms. The first-order chi connectivity index (χ1) is 8.36. The number of anilines is 2. The Morgan fingerprint density at radius 3 is 2.61 bits per heavy atom. The molecule has 0 radical (unpaired) electrons. The van der Waals surface area contributed by atoms with E-state index in [2.05, 4.69) is 15.3 Å². The molecule has 4 N–H and O–H groups in total. The molecule has 8 heteroatoms. The van der Waals surface area contributed by atoms with Crippen LogP contribution in [0.5, 0.6) is 0 Å². The van der Waals surface area contributed by atoms with Crippen LogP contribution in [0.25, 0.3) is 0 Å². The van der Waals surface area contributed by atoms with Crippen LogP contribution >= 0.6 is 0 Å². The standard InChI is InChI=1S/C10H15F3N4O/c1-2-6(3-4-18)15-8-5-7(14)16-9(17-8)10(11,12)13/h5-6,18H,2-4H2,1H3,(H3,14,15,16,17). The van der Waals surface area contributed by atoms with Gasteiger partial charge < -0.3 is 16.2 Å². The largest absolute Gasteiger partial charge is 0.451 e. The zero-order valence-corrected chi connectivity index (χ0v) is 9.83. The normalized spacial score (nSPS) is 13.4. The molecule has 1 atom stereocenters. The van der Waals surface area contributed by atoms with Gasteiger partial charge in [0, 0.05) is 18.7 Å². The van der Waals surface area contributed by atoms with Gasteiger partial charge in [-0.05, 0) is 12.8 Å². The lowest BCUT2D eigenvalue weighted by Gasteiger charge is -2.17. The van der Waals surface area contributed by atoms with E-state index in [0.717, 1.165) is 0 Å². The second-order valence-electron chi connectivity index (χ2n) is 3.76. The summed E-state index contributed by atoms with van der Waals surface area (Å²) < 4.78 is 37.4. The minimum atomic E-state index is -4.63. The molecule has 0 saturated heterocycles. The van der Waals surface area contributed by atoms with Crippen molar-refractivity contribution in [2.24, 2.45) is 0 Å². The fourth-order valence-electron chi connectivity index (χ4n) is 1.41. The maximum atomic E-state index is 12.5. The zero-order chi connectivity index (χ0) is 13.8. The number of hydrogen-bond donors (Lipinski definition) is 3. The van der Waals surface area contributed by atoms with E-state index in [1.165, 1.54) is 6.07 Å². The van der Waals surface area contributed by atoms with Crippen molar-refractivity contribution in [1.82, 2.24) is 9.97 Å². The number of alkyl halides is 3. The van der Waals surface area contributed by atoms with Gasteiger partial charge in [0.2, 0.25) is 5.82 Å². The third kappa shape index (κ3) is 4.02. The van der Waals surface area contributed by atoms with Crippen LogP contribution in [-0.4, -0.2) is 27.7 Å². The molecule has 102 valence electrons. The smallest absolute Gasteiger partial charge is 0.396 e. The minimum absolute atomic E-state index is 0.00938. The second kappa shape index (κ2) is 5.85. The van der Waals surface area contributed by atoms with Crippen molar-refractivity contribution in [3.63, 3.8) is 0 Å². The van der Waals surface area contributed by atoms with E-state index in [4.69, 9.17) is 10.8 Å². The highest BCUT2D eigenvalue weighted by molar-refractivity contribution is 5.45. The van der Waals surface area contributed by atoms with E-state index >= 15 is 0 Å². The Labute approximate surface area is 102 Å². The number of rotatable bonds is 5. The maximum absolute atomic E-state index is 12.5. The van der Waals surface area contributed by atoms with Gasteiger partial charge in [0.25, 0.3) is 0 Å². The van der Waals surface area contributed by atoms with Gasteiger partial charge >= 0.3 is 6.18 Å². The highest BCUT2D eigenvalue weighted by Gasteiger charge is 2.35. The lowest BCUT2D eigenvalue weighted by molar-refractivity contribution is -0.144. The summed E-state index contributed by atoms with van der Waals surface area (Å²) in [5.74, 6) is -1.52. The molecule has 0 aliphatic carbocycles. The number of nitrogens with zero attached hydrogens (tertiary/aromatic N) is 2. The third-order valence-corrected chi connectivity index (χ3v) is 2.32. The van der Waals surface area contributed by atoms with Crippen LogP contribution in [0.2, 0.25) is 0 Å². The Balaban J connectivity index is 2.92. The van der Waals surface area contributed by atoms with Crippen LogP contribution in [0.15, 0.2) is 6.07 Å². The maximum Gasteiger partial charge on any atom is 0.451 e. The first-order valence-corrected chi connectivity index (χ1v) is 5.46. The molecule has 0 spiro atoms. The summed E-state index contributed by atoms with van der Waals surface area (Å²) in [5.41, 5.74) is 5.31. The topological polar surface area (TPSA) is 84.1 Å². The summed E-state index contributed by atoms with van der Waals surface area (Å²) in [4.78, 5) is 6.50. The predicted octanol–water partition coefficient (Wildman–Crippen LogP) is 1.65. The summed E-state index contributed by atoms with van der Waals surface area (Å²) in [6.45, 7) is 1.79. The van der Waals surface area contributed by atoms with Crippen molar-refractivity contribution in [2.75, 3.05) is 17.7 Å². The molecule has 0 aliphatic rings. The van der Waals surface area contributed by atoms with Crippen LogP contribution in [0, 0.1) is 0 Å². The van der Waals surface area contributed by atoms with E-state index in [1.807, 2.05) is 6.92 Å². The molecule has 1 rings (SSSR count). The van der Waals surface area contributed by atoms with Crippen molar-refractivity contribution in [2.45, 2.75) is 32.0 Å². The molecule has 1 aromatic heterocycles. The van der Waals surface area contributed by atoms with Crippen LogP contribution in [0.4, 0.5) is 24.8 Å². The Morgan fingerprint density at radius 2 is 2.11 bits per heavy atom. The Bertz CT molecular complexity index is 397. The average Bonchev–Trinajstić information content (AvgIpc) is 2.26. The van der Waals surface area contributed by atoms with Crippen molar-refractivity contribution in [1.29, 1.82) is 0 Å². The van der Waals surface area contributed by atoms with E-state index in [0.29, 0.717) is 12.8 Å². The highest BCUT2D eigenvalue weighted by Crippen LogP contribution is 2.27. The summed E-state index contributed by atoms with van der Waals surface area (Å²) in [6, 6.07) is 1.07. The Hall–Kier alpha value is -1.57. The number of nitrogen functional groups attached to an aromatic ring is 1. The molecular weight excluding hydrogens is 249 g/mol. The molecular formula is C10H15F3N4O. The minimum Gasteiger partial charge on any atom is -0.396 e. The van der Waals surface area contributed by atoms with Crippen molar-refractivity contribution in [3.8, 4) is 0 Å². The van der Waals surface area contributed by atoms with Gasteiger partial charge in [-0.3, -0.25) is 0 Å². The summed E-state index contributed by atoms with van der Waals surface area (Å²) in [6.07, 6.45) is -3.57. The van der Waals surface area contributed by atoms with Crippen LogP contribution in [0.1, 0.15) is 25.6 Å². The van der Waals surface area contributed by atoms with Gasteiger partial charge in [-0.1, -0.05) is 6.92 Å². The molecule has 0 amide bonds. The number of aliphatic hydroxyl groups is 1. The average molecular weight is 264 g/mol. The molecule has 1 heterocycles. The van der Waals surface area contributed by atoms with Gasteiger partial charge in [0.05, 0.1) is 0 Å². The lowest BCUT2D eigenvalue weighted by atomic mass is 10.1. The van der Waals surface area contributed by atoms with E-state index in [-0.39, 0.29) is 24.3 Å². The van der Waals surface area contributed by atoms with Gasteiger partial charge in [-0.25, -0.2) is 9.97 Å². The number of halogens is 3. The molecule has 1 unspecified atom stereocenters. The number of hydrogen-bond acceptors (Lipinski definition) is 5. The Morgan fingerprint density at radius 1 is 1.44 bits per heavy atom. The second-order valence-corrected chi connectivity index (χ2v) is 3.76. The first kappa shape index (κ1) is 14.5. The number of nitrogens with two attached hydrogens (primary N) is 1. The van der Waals surface area contributed by atoms with E-state index < -0.39 is 12.0 Å². The van der Waals surface area contributed by atoms with Crippen LogP contribution in [0.3, 0.4) is 0 Å². The number of aliphatic hydroxyl groups excluding tert-OH is 1. The van der Waals surface area contributed by atoms with E-state index in [9.17, 15) is 13.2 Å². The monoisotopic (exact) mass is 264 g/mol. The van der Waals surface area contributed by atoms with Crippen molar-refractivity contribution < 1.29 is 18.3 Å². The summed E-state index contributed by atoms with van der Waals surface area (Å²) in [5, 5.41) is 11.6. The summed E-state index contributed by atoms with van der Waals surface area (Å²) >= 11 is 0. The molecule has 0 aliphatic heterocycles. The molecule has 1 aromatic rings. The molecule has 5 nitrogen and oxygen atoms in total. The number of nitrogens with one attached hydrogen (secondary N) is 1. The highest BCUT2D eigenvalue weighted by atomic mass is 19.4. The molecule has 0 bridgehead atoms. The quantitative estimate of drug-likeness (QED) is 0.753. The van der Waals surface area contributed by atoms with Gasteiger partial charge in [0.15, 0.2) is 0 Å². The zero-order valence-electron chi connectivity index (χ0n) is 9.83. The lowest BCUT2D eigenvalue weighted by Crippen LogP contribution is -2.22. The fourth-order valence-corrected chi connectivity index (χ4v) is 1.41. The third-order valence-electron chi connectivity index (χ3n) is 2.32. The molecule has 0 aromatic carbocycles. The van der Waals surface area contributed by atoms with Crippen LogP contribution in [-0.2, 0) is 6.18 Å². The molecule has 0 saturated carbocycles. The molecule has 0 fully saturated rings. The van der Waals surface area contributed by atoms with Crippen molar-refractivity contribution in [3.05, 3.63) is 11.9 Å². The fraction of sp³-hybridized carbons (Fsp3) is 0.600. The van der Waals surface area contributed by atoms with Crippen molar-refractivity contribution >= 4 is 11.6 Å². The van der Waals surface area contributed by atoms with E-state index in [1.54, 1.807) is 0 Å². The Kier molecular flexibility index (Phi) is 4.71. The number of aromatic nitrogens is 2. The van der Waals surface area contributed by atoms with Crippen LogP contribution < -0.4 is 11.1 Å². The van der Waals surface area contributed by atoms with Gasteiger partial charge in [0.1, 0.15) is 11.6 Å². The van der Waals surface area contributed by atoms with Gasteiger partial charge in [-0.15, -0.1) is 0 Å².